The Labute approximate surface area is 302 Å². The fourth-order valence-electron chi connectivity index (χ4n) is 7.82. The lowest BCUT2D eigenvalue weighted by Gasteiger charge is -2.27. The first-order chi connectivity index (χ1) is 25.8. The molecule has 0 fully saturated rings. The molecular weight excluding hydrogens is 633 g/mol. The van der Waals surface area contributed by atoms with Crippen LogP contribution in [0.25, 0.3) is 43.7 Å². The van der Waals surface area contributed by atoms with Crippen LogP contribution in [0.5, 0.6) is 0 Å². The van der Waals surface area contributed by atoms with Crippen molar-refractivity contribution in [1.29, 1.82) is 0 Å². The van der Waals surface area contributed by atoms with Gasteiger partial charge in [-0.2, -0.15) is 0 Å². The van der Waals surface area contributed by atoms with E-state index in [9.17, 15) is 0 Å². The highest BCUT2D eigenvalue weighted by atomic mass is 15.3. The predicted octanol–water partition coefficient (Wildman–Crippen LogP) is 12.9. The molecule has 1 unspecified atom stereocenters. The van der Waals surface area contributed by atoms with Gasteiger partial charge in [0.05, 0.1) is 22.6 Å². The van der Waals surface area contributed by atoms with Crippen LogP contribution in [0, 0.1) is 0 Å². The van der Waals surface area contributed by atoms with Gasteiger partial charge in [-0.1, -0.05) is 121 Å². The Morgan fingerprint density at radius 3 is 1.87 bits per heavy atom. The molecule has 10 rings (SSSR count). The molecule has 8 aromatic carbocycles. The Hall–Kier alpha value is -6.91. The third-order valence-corrected chi connectivity index (χ3v) is 10.2. The van der Waals surface area contributed by atoms with E-state index in [-0.39, 0.29) is 6.17 Å². The second-order valence-corrected chi connectivity index (χ2v) is 13.3. The van der Waals surface area contributed by atoms with Crippen LogP contribution in [-0.2, 0) is 0 Å². The van der Waals surface area contributed by atoms with Crippen molar-refractivity contribution in [3.63, 3.8) is 0 Å². The molecule has 1 aliphatic heterocycles. The molecule has 0 bridgehead atoms. The van der Waals surface area contributed by atoms with E-state index in [1.807, 2.05) is 0 Å². The molecule has 0 amide bonds. The number of para-hydroxylation sites is 6. The van der Waals surface area contributed by atoms with E-state index in [0.29, 0.717) is 0 Å². The summed E-state index contributed by atoms with van der Waals surface area (Å²) < 4.78 is 0. The molecule has 1 atom stereocenters. The summed E-state index contributed by atoms with van der Waals surface area (Å²) in [5, 5.41) is 9.77. The summed E-state index contributed by atoms with van der Waals surface area (Å²) in [5.41, 5.74) is 11.1. The minimum absolute atomic E-state index is 0.0329. The number of hydrogen-bond donors (Lipinski definition) is 1. The molecule has 1 aliphatic rings. The van der Waals surface area contributed by atoms with E-state index in [1.165, 1.54) is 27.4 Å². The Morgan fingerprint density at radius 1 is 0.500 bits per heavy atom. The monoisotopic (exact) mass is 666 g/mol. The molecule has 4 heteroatoms. The van der Waals surface area contributed by atoms with Gasteiger partial charge in [0.1, 0.15) is 6.17 Å². The summed E-state index contributed by atoms with van der Waals surface area (Å²) in [7, 11) is 0. The normalized spacial score (nSPS) is 13.7. The zero-order valence-corrected chi connectivity index (χ0v) is 28.4. The van der Waals surface area contributed by atoms with Crippen molar-refractivity contribution in [1.82, 2.24) is 4.98 Å². The van der Waals surface area contributed by atoms with Crippen LogP contribution in [0.4, 0.5) is 34.1 Å². The number of anilines is 6. The zero-order valence-electron chi connectivity index (χ0n) is 28.4. The maximum Gasteiger partial charge on any atom is 0.130 e. The van der Waals surface area contributed by atoms with Gasteiger partial charge >= 0.3 is 0 Å². The smallest absolute Gasteiger partial charge is 0.130 e. The third-order valence-electron chi connectivity index (χ3n) is 10.2. The van der Waals surface area contributed by atoms with Crippen molar-refractivity contribution in [3.8, 4) is 11.3 Å². The first-order valence-corrected chi connectivity index (χ1v) is 17.8. The van der Waals surface area contributed by atoms with Crippen LogP contribution in [0.15, 0.2) is 194 Å². The van der Waals surface area contributed by atoms with Crippen LogP contribution in [0.3, 0.4) is 0 Å². The van der Waals surface area contributed by atoms with Crippen molar-refractivity contribution in [3.05, 3.63) is 200 Å². The second kappa shape index (κ2) is 12.4. The van der Waals surface area contributed by atoms with E-state index in [0.717, 1.165) is 56.0 Å². The summed E-state index contributed by atoms with van der Waals surface area (Å²) >= 11 is 0. The van der Waals surface area contributed by atoms with Crippen LogP contribution < -0.4 is 15.1 Å². The molecule has 2 heterocycles. The number of hydrogen-bond acceptors (Lipinski definition) is 4. The van der Waals surface area contributed by atoms with Gasteiger partial charge in [-0.05, 0) is 89.1 Å². The van der Waals surface area contributed by atoms with Gasteiger partial charge in [0.2, 0.25) is 0 Å². The van der Waals surface area contributed by atoms with E-state index >= 15 is 0 Å². The predicted molar refractivity (Wildman–Crippen MR) is 218 cm³/mol. The van der Waals surface area contributed by atoms with Gasteiger partial charge in [-0.25, -0.2) is 4.98 Å². The largest absolute Gasteiger partial charge is 0.359 e. The maximum absolute atomic E-state index is 5.29. The molecule has 0 saturated heterocycles. The van der Waals surface area contributed by atoms with E-state index in [4.69, 9.17) is 4.98 Å². The Bertz CT molecular complexity index is 2670. The van der Waals surface area contributed by atoms with Gasteiger partial charge in [0.15, 0.2) is 0 Å². The van der Waals surface area contributed by atoms with Gasteiger partial charge < -0.3 is 15.1 Å². The number of rotatable bonds is 6. The van der Waals surface area contributed by atoms with Gasteiger partial charge in [0, 0.05) is 44.5 Å². The highest BCUT2D eigenvalue weighted by Crippen LogP contribution is 2.47. The molecular formula is C48H34N4. The topological polar surface area (TPSA) is 31.4 Å². The number of benzene rings is 8. The van der Waals surface area contributed by atoms with Gasteiger partial charge in [-0.15, -0.1) is 0 Å². The number of fused-ring (bicyclic) bond motifs is 6. The lowest BCUT2D eigenvalue weighted by molar-refractivity contribution is 0.830. The molecule has 0 saturated carbocycles. The average Bonchev–Trinajstić information content (AvgIpc) is 3.61. The van der Waals surface area contributed by atoms with Crippen molar-refractivity contribution >= 4 is 66.6 Å². The molecule has 1 aromatic heterocycles. The highest BCUT2D eigenvalue weighted by Gasteiger charge is 2.31. The molecule has 0 radical (unpaired) electrons. The minimum atomic E-state index is -0.0329. The summed E-state index contributed by atoms with van der Waals surface area (Å²) in [4.78, 5) is 9.98. The maximum atomic E-state index is 5.29. The number of pyridine rings is 1. The first-order valence-electron chi connectivity index (χ1n) is 17.8. The van der Waals surface area contributed by atoms with E-state index < -0.39 is 0 Å². The van der Waals surface area contributed by atoms with E-state index in [2.05, 4.69) is 209 Å². The fourth-order valence-corrected chi connectivity index (χ4v) is 7.82. The van der Waals surface area contributed by atoms with Crippen LogP contribution in [0.1, 0.15) is 11.7 Å². The summed E-state index contributed by atoms with van der Waals surface area (Å²) in [5.74, 6) is 0. The lowest BCUT2D eigenvalue weighted by Crippen LogP contribution is -2.23. The SMILES string of the molecule is c1ccc(N(c2ccccc2)c2ccc(-c3nc4ccccc4c4c3ccc3cc(C5Nc6ccccc6N5c5ccccc5)ccc34)cc2)cc1. The van der Waals surface area contributed by atoms with Gasteiger partial charge in [-0.3, -0.25) is 0 Å². The van der Waals surface area contributed by atoms with Crippen molar-refractivity contribution in [2.24, 2.45) is 0 Å². The van der Waals surface area contributed by atoms with Crippen LogP contribution in [0.2, 0.25) is 0 Å². The van der Waals surface area contributed by atoms with Crippen molar-refractivity contribution < 1.29 is 0 Å². The molecule has 4 nitrogen and oxygen atoms in total. The number of aromatic nitrogens is 1. The minimum Gasteiger partial charge on any atom is -0.359 e. The molecule has 0 aliphatic carbocycles. The van der Waals surface area contributed by atoms with Crippen molar-refractivity contribution in [2.75, 3.05) is 15.1 Å². The Kier molecular flexibility index (Phi) is 7.17. The number of nitrogens with zero attached hydrogens (tertiary/aromatic N) is 3. The quantitative estimate of drug-likeness (QED) is 0.179. The van der Waals surface area contributed by atoms with Crippen molar-refractivity contribution in [2.45, 2.75) is 6.17 Å². The van der Waals surface area contributed by atoms with E-state index in [1.54, 1.807) is 0 Å². The Morgan fingerprint density at radius 2 is 1.12 bits per heavy atom. The van der Waals surface area contributed by atoms with Crippen LogP contribution >= 0.6 is 0 Å². The fraction of sp³-hybridized carbons (Fsp3) is 0.0208. The molecule has 246 valence electrons. The second-order valence-electron chi connectivity index (χ2n) is 13.3. The molecule has 52 heavy (non-hydrogen) atoms. The summed E-state index contributed by atoms with van der Waals surface area (Å²) in [6.45, 7) is 0. The Balaban J connectivity index is 1.09. The first kappa shape index (κ1) is 30.0. The average molecular weight is 667 g/mol. The molecule has 9 aromatic rings. The molecule has 0 spiro atoms. The third kappa shape index (κ3) is 5.04. The zero-order chi connectivity index (χ0) is 34.4. The van der Waals surface area contributed by atoms with Crippen LogP contribution in [-0.4, -0.2) is 4.98 Å². The number of nitrogens with one attached hydrogen (secondary N) is 1. The summed E-state index contributed by atoms with van der Waals surface area (Å²) in [6, 6.07) is 69.0. The molecule has 1 N–H and O–H groups in total. The summed E-state index contributed by atoms with van der Waals surface area (Å²) in [6.07, 6.45) is -0.0329. The van der Waals surface area contributed by atoms with Gasteiger partial charge in [0.25, 0.3) is 0 Å². The highest BCUT2D eigenvalue weighted by molar-refractivity contribution is 6.22. The lowest BCUT2D eigenvalue weighted by atomic mass is 9.94. The standard InChI is InChI=1S/C48H34N4/c1-4-14-36(15-5-1)51(37-16-6-2-7-17-37)39-28-24-33(25-29-39)47-42-31-26-34-32-35(27-30-40(34)46(42)41-20-10-11-21-43(41)49-47)48-50-44-22-12-13-23-45(44)52(48)38-18-8-3-9-19-38/h1-32,48,50H.